The van der Waals surface area contributed by atoms with Gasteiger partial charge in [0.25, 0.3) is 0 Å². The van der Waals surface area contributed by atoms with Gasteiger partial charge in [-0.1, -0.05) is 43.3 Å². The van der Waals surface area contributed by atoms with E-state index in [1.165, 1.54) is 5.56 Å². The Morgan fingerprint density at radius 3 is 2.59 bits per heavy atom. The minimum atomic E-state index is -0.888. The molecule has 0 fully saturated rings. The van der Waals surface area contributed by atoms with Crippen molar-refractivity contribution >= 4 is 5.97 Å². The van der Waals surface area contributed by atoms with Crippen LogP contribution in [0.5, 0.6) is 0 Å². The van der Waals surface area contributed by atoms with Crippen LogP contribution in [0.3, 0.4) is 0 Å². The second kappa shape index (κ2) is 4.83. The maximum absolute atomic E-state index is 10.9. The summed E-state index contributed by atoms with van der Waals surface area (Å²) in [6.45, 7) is 2.10. The Labute approximate surface area is 101 Å². The van der Waals surface area contributed by atoms with Crippen LogP contribution < -0.4 is 0 Å². The molecular formula is C15H14O2. The molecule has 0 aliphatic carbocycles. The minimum absolute atomic E-state index is 0.327. The van der Waals surface area contributed by atoms with E-state index < -0.39 is 5.97 Å². The van der Waals surface area contributed by atoms with Crippen LogP contribution in [0.15, 0.2) is 48.5 Å². The first kappa shape index (κ1) is 11.4. The van der Waals surface area contributed by atoms with Crippen molar-refractivity contribution in [1.29, 1.82) is 0 Å². The van der Waals surface area contributed by atoms with Gasteiger partial charge >= 0.3 is 5.97 Å². The average Bonchev–Trinajstić information content (AvgIpc) is 2.39. The predicted octanol–water partition coefficient (Wildman–Crippen LogP) is 3.61. The van der Waals surface area contributed by atoms with E-state index >= 15 is 0 Å². The van der Waals surface area contributed by atoms with E-state index in [1.807, 2.05) is 24.3 Å². The van der Waals surface area contributed by atoms with Gasteiger partial charge < -0.3 is 5.11 Å². The Balaban J connectivity index is 2.52. The zero-order chi connectivity index (χ0) is 12.3. The first-order valence-corrected chi connectivity index (χ1v) is 5.64. The third-order valence-electron chi connectivity index (χ3n) is 2.82. The molecule has 0 amide bonds. The van der Waals surface area contributed by atoms with Gasteiger partial charge in [-0.2, -0.15) is 0 Å². The number of rotatable bonds is 3. The molecule has 0 aliphatic rings. The SMILES string of the molecule is CCc1ccccc1-c1cccc(C(=O)O)c1. The quantitative estimate of drug-likeness (QED) is 0.868. The van der Waals surface area contributed by atoms with E-state index in [4.69, 9.17) is 5.11 Å². The molecule has 2 aromatic rings. The molecule has 2 heteroatoms. The Morgan fingerprint density at radius 1 is 1.12 bits per heavy atom. The van der Waals surface area contributed by atoms with Gasteiger partial charge in [-0.3, -0.25) is 0 Å². The van der Waals surface area contributed by atoms with Crippen molar-refractivity contribution in [2.75, 3.05) is 0 Å². The average molecular weight is 226 g/mol. The molecule has 0 aromatic heterocycles. The molecule has 0 radical (unpaired) electrons. The number of carboxylic acid groups (broad SMARTS) is 1. The summed E-state index contributed by atoms with van der Waals surface area (Å²) >= 11 is 0. The summed E-state index contributed by atoms with van der Waals surface area (Å²) < 4.78 is 0. The second-order valence-corrected chi connectivity index (χ2v) is 3.90. The topological polar surface area (TPSA) is 37.3 Å². The summed E-state index contributed by atoms with van der Waals surface area (Å²) in [5.74, 6) is -0.888. The zero-order valence-corrected chi connectivity index (χ0v) is 9.68. The Morgan fingerprint density at radius 2 is 1.88 bits per heavy atom. The van der Waals surface area contributed by atoms with E-state index in [1.54, 1.807) is 18.2 Å². The fraction of sp³-hybridized carbons (Fsp3) is 0.133. The van der Waals surface area contributed by atoms with E-state index in [0.717, 1.165) is 17.5 Å². The number of aromatic carboxylic acids is 1. The van der Waals surface area contributed by atoms with Crippen LogP contribution in [0.2, 0.25) is 0 Å². The number of aryl methyl sites for hydroxylation is 1. The maximum Gasteiger partial charge on any atom is 0.335 e. The maximum atomic E-state index is 10.9. The monoisotopic (exact) mass is 226 g/mol. The lowest BCUT2D eigenvalue weighted by atomic mass is 9.97. The van der Waals surface area contributed by atoms with Gasteiger partial charge in [0.15, 0.2) is 0 Å². The van der Waals surface area contributed by atoms with Crippen LogP contribution in [0.25, 0.3) is 11.1 Å². The summed E-state index contributed by atoms with van der Waals surface area (Å²) in [5.41, 5.74) is 3.63. The third-order valence-corrected chi connectivity index (χ3v) is 2.82. The Kier molecular flexibility index (Phi) is 3.24. The standard InChI is InChI=1S/C15H14O2/c1-2-11-6-3-4-9-14(11)12-7-5-8-13(10-12)15(16)17/h3-10H,2H2,1H3,(H,16,17). The summed E-state index contributed by atoms with van der Waals surface area (Å²) in [5, 5.41) is 8.98. The summed E-state index contributed by atoms with van der Waals surface area (Å²) in [7, 11) is 0. The van der Waals surface area contributed by atoms with Gasteiger partial charge in [-0.25, -0.2) is 4.79 Å². The highest BCUT2D eigenvalue weighted by Crippen LogP contribution is 2.24. The van der Waals surface area contributed by atoms with Crippen molar-refractivity contribution in [1.82, 2.24) is 0 Å². The molecule has 2 nitrogen and oxygen atoms in total. The van der Waals surface area contributed by atoms with Crippen LogP contribution in [0.1, 0.15) is 22.8 Å². The van der Waals surface area contributed by atoms with E-state index in [9.17, 15) is 4.79 Å². The highest BCUT2D eigenvalue weighted by molar-refractivity contribution is 5.89. The lowest BCUT2D eigenvalue weighted by Gasteiger charge is -2.08. The number of hydrogen-bond acceptors (Lipinski definition) is 1. The minimum Gasteiger partial charge on any atom is -0.478 e. The zero-order valence-electron chi connectivity index (χ0n) is 9.68. The first-order valence-electron chi connectivity index (χ1n) is 5.64. The third kappa shape index (κ3) is 2.36. The van der Waals surface area contributed by atoms with Crippen molar-refractivity contribution in [3.05, 3.63) is 59.7 Å². The number of hydrogen-bond donors (Lipinski definition) is 1. The molecule has 0 saturated heterocycles. The molecule has 0 aliphatic heterocycles. The van der Waals surface area contributed by atoms with E-state index in [0.29, 0.717) is 5.56 Å². The second-order valence-electron chi connectivity index (χ2n) is 3.90. The van der Waals surface area contributed by atoms with Crippen LogP contribution in [0.4, 0.5) is 0 Å². The normalized spacial score (nSPS) is 10.2. The predicted molar refractivity (Wildman–Crippen MR) is 68.2 cm³/mol. The van der Waals surface area contributed by atoms with E-state index in [2.05, 4.69) is 13.0 Å². The molecule has 0 saturated carbocycles. The summed E-state index contributed by atoms with van der Waals surface area (Å²) in [4.78, 5) is 10.9. The van der Waals surface area contributed by atoms with Gasteiger partial charge in [-0.15, -0.1) is 0 Å². The summed E-state index contributed by atoms with van der Waals surface area (Å²) in [6.07, 6.45) is 0.938. The molecule has 2 aromatic carbocycles. The van der Waals surface area contributed by atoms with Gasteiger partial charge in [0, 0.05) is 0 Å². The fourth-order valence-corrected chi connectivity index (χ4v) is 1.93. The molecule has 2 rings (SSSR count). The van der Waals surface area contributed by atoms with Crippen LogP contribution in [-0.2, 0) is 6.42 Å². The van der Waals surface area contributed by atoms with Crippen LogP contribution >= 0.6 is 0 Å². The number of benzene rings is 2. The molecule has 1 N–H and O–H groups in total. The van der Waals surface area contributed by atoms with Gasteiger partial charge in [-0.05, 0) is 35.2 Å². The van der Waals surface area contributed by atoms with Crippen molar-refractivity contribution in [3.8, 4) is 11.1 Å². The van der Waals surface area contributed by atoms with Crippen molar-refractivity contribution in [2.24, 2.45) is 0 Å². The molecule has 17 heavy (non-hydrogen) atoms. The smallest absolute Gasteiger partial charge is 0.335 e. The molecule has 86 valence electrons. The lowest BCUT2D eigenvalue weighted by Crippen LogP contribution is -1.96. The first-order chi connectivity index (χ1) is 8.22. The Bertz CT molecular complexity index is 544. The fourth-order valence-electron chi connectivity index (χ4n) is 1.93. The largest absolute Gasteiger partial charge is 0.478 e. The van der Waals surface area contributed by atoms with Crippen molar-refractivity contribution in [2.45, 2.75) is 13.3 Å². The molecule has 0 atom stereocenters. The van der Waals surface area contributed by atoms with Crippen LogP contribution in [0, 0.1) is 0 Å². The van der Waals surface area contributed by atoms with Crippen molar-refractivity contribution < 1.29 is 9.90 Å². The summed E-state index contributed by atoms with van der Waals surface area (Å²) in [6, 6.07) is 15.1. The number of carboxylic acids is 1. The molecule has 0 spiro atoms. The van der Waals surface area contributed by atoms with E-state index in [-0.39, 0.29) is 0 Å². The van der Waals surface area contributed by atoms with Gasteiger partial charge in [0.2, 0.25) is 0 Å². The van der Waals surface area contributed by atoms with Crippen LogP contribution in [-0.4, -0.2) is 11.1 Å². The Hall–Kier alpha value is -2.09. The molecule has 0 heterocycles. The van der Waals surface area contributed by atoms with Crippen molar-refractivity contribution in [3.63, 3.8) is 0 Å². The lowest BCUT2D eigenvalue weighted by molar-refractivity contribution is 0.0697. The molecule has 0 unspecified atom stereocenters. The molecular weight excluding hydrogens is 212 g/mol. The number of carbonyl (C=O) groups is 1. The van der Waals surface area contributed by atoms with Gasteiger partial charge in [0.05, 0.1) is 5.56 Å². The van der Waals surface area contributed by atoms with Gasteiger partial charge in [0.1, 0.15) is 0 Å². The highest BCUT2D eigenvalue weighted by Gasteiger charge is 2.06. The molecule has 0 bridgehead atoms. The highest BCUT2D eigenvalue weighted by atomic mass is 16.4.